The third-order valence-corrected chi connectivity index (χ3v) is 8.49. The molecule has 1 fully saturated rings. The van der Waals surface area contributed by atoms with E-state index in [-0.39, 0.29) is 0 Å². The van der Waals surface area contributed by atoms with Crippen LogP contribution in [0.15, 0.2) is 0 Å². The fourth-order valence-electron chi connectivity index (χ4n) is 1.41. The number of aliphatic hydroxyl groups excluding tert-OH is 3. The number of hydrogen-bond acceptors (Lipinski definition) is 8. The molecule has 0 saturated carbocycles. The van der Waals surface area contributed by atoms with Gasteiger partial charge in [-0.2, -0.15) is 0 Å². The van der Waals surface area contributed by atoms with Crippen molar-refractivity contribution in [3.8, 4) is 0 Å². The van der Waals surface area contributed by atoms with Crippen molar-refractivity contribution in [2.75, 3.05) is 6.61 Å². The molecule has 17 heavy (non-hydrogen) atoms. The van der Waals surface area contributed by atoms with Crippen LogP contribution in [0.25, 0.3) is 0 Å². The second-order valence-corrected chi connectivity index (χ2v) is 11.1. The van der Waals surface area contributed by atoms with E-state index in [4.69, 9.17) is 14.9 Å². The Kier molecular flexibility index (Phi) is 3.75. The van der Waals surface area contributed by atoms with Crippen molar-refractivity contribution in [3.63, 3.8) is 0 Å². The van der Waals surface area contributed by atoms with E-state index in [2.05, 4.69) is 4.74 Å². The fourth-order valence-corrected chi connectivity index (χ4v) is 4.27. The van der Waals surface area contributed by atoms with Crippen molar-refractivity contribution < 1.29 is 49.1 Å². The molecule has 1 aliphatic heterocycles. The first kappa shape index (κ1) is 15.4. The van der Waals surface area contributed by atoms with Gasteiger partial charge < -0.3 is 0 Å². The van der Waals surface area contributed by atoms with Gasteiger partial charge in [0.25, 0.3) is 0 Å². The molecule has 4 atom stereocenters. The molecule has 0 bridgehead atoms. The zero-order valence-electron chi connectivity index (χ0n) is 8.31. The maximum absolute atomic E-state index is 10.9. The maximum atomic E-state index is 10.9. The van der Waals surface area contributed by atoms with Gasteiger partial charge in [0, 0.05) is 0 Å². The molecule has 1 unspecified atom stereocenters. The summed E-state index contributed by atoms with van der Waals surface area (Å²) in [5.74, 6) is -2.48. The first-order chi connectivity index (χ1) is 7.41. The Morgan fingerprint density at radius 3 is 1.88 bits per heavy atom. The Hall–Kier alpha value is 0.300. The van der Waals surface area contributed by atoms with Gasteiger partial charge in [-0.25, -0.2) is 0 Å². The van der Waals surface area contributed by atoms with Gasteiger partial charge >= 0.3 is 94.1 Å². The summed E-state index contributed by atoms with van der Waals surface area (Å²) in [6.07, 6.45) is -5.46. The SMILES string of the molecule is O=P(O)(O)P(O)(O)(O)C1O[C@H](CO)[C@@H](O)[C@H]1O. The summed E-state index contributed by atoms with van der Waals surface area (Å²) in [6, 6.07) is 0. The first-order valence-corrected chi connectivity index (χ1v) is 8.83. The average molecular weight is 296 g/mol. The normalized spacial score (nSPS) is 37.8. The van der Waals surface area contributed by atoms with Gasteiger partial charge in [0.2, 0.25) is 0 Å². The van der Waals surface area contributed by atoms with E-state index in [1.807, 2.05) is 0 Å². The minimum absolute atomic E-state index is 0.845. The van der Waals surface area contributed by atoms with Crippen LogP contribution in [0, 0.1) is 0 Å². The fraction of sp³-hybridized carbons (Fsp3) is 1.00. The Labute approximate surface area is 94.9 Å². The van der Waals surface area contributed by atoms with Crippen LogP contribution in [-0.4, -0.2) is 70.6 Å². The van der Waals surface area contributed by atoms with Crippen molar-refractivity contribution in [3.05, 3.63) is 0 Å². The zero-order valence-corrected chi connectivity index (χ0v) is 10.1. The molecule has 104 valence electrons. The van der Waals surface area contributed by atoms with Crippen molar-refractivity contribution in [2.45, 2.75) is 24.2 Å². The first-order valence-electron chi connectivity index (χ1n) is 4.35. The van der Waals surface area contributed by atoms with Crippen LogP contribution in [0.1, 0.15) is 0 Å². The van der Waals surface area contributed by atoms with Crippen molar-refractivity contribution >= 4 is 14.3 Å². The van der Waals surface area contributed by atoms with Crippen LogP contribution in [0.2, 0.25) is 0 Å². The summed E-state index contributed by atoms with van der Waals surface area (Å²) >= 11 is 0. The predicted octanol–water partition coefficient (Wildman–Crippen LogP) is -3.21. The van der Waals surface area contributed by atoms with Crippen molar-refractivity contribution in [1.82, 2.24) is 0 Å². The van der Waals surface area contributed by atoms with Crippen molar-refractivity contribution in [2.24, 2.45) is 0 Å². The summed E-state index contributed by atoms with van der Waals surface area (Å²) in [4.78, 5) is 45.4. The quantitative estimate of drug-likeness (QED) is 0.246. The standard InChI is InChI=1S/C5H14O10P2/c6-1-2-3(7)4(8)5(15-2)17(12,13,14)16(9,10)11/h2-8,12-14H,1H2,(H2,9,10,11)/t2-,3-,4-,5?/m1/s1. The van der Waals surface area contributed by atoms with Gasteiger partial charge in [-0.3, -0.25) is 0 Å². The molecule has 8 N–H and O–H groups in total. The molecule has 1 saturated heterocycles. The van der Waals surface area contributed by atoms with E-state index < -0.39 is 45.0 Å². The number of hydrogen-bond donors (Lipinski definition) is 8. The molecule has 12 heteroatoms. The molecular weight excluding hydrogens is 282 g/mol. The van der Waals surface area contributed by atoms with E-state index in [9.17, 15) is 29.5 Å². The third-order valence-electron chi connectivity index (χ3n) is 2.47. The van der Waals surface area contributed by atoms with Gasteiger partial charge in [-0.05, 0) is 0 Å². The average Bonchev–Trinajstić information content (AvgIpc) is 2.42. The van der Waals surface area contributed by atoms with Crippen LogP contribution in [-0.2, 0) is 9.30 Å². The van der Waals surface area contributed by atoms with Crippen LogP contribution in [0.4, 0.5) is 0 Å². The van der Waals surface area contributed by atoms with Gasteiger partial charge in [-0.1, -0.05) is 0 Å². The Balaban J connectivity index is 3.15. The monoisotopic (exact) mass is 296 g/mol. The second-order valence-electron chi connectivity index (χ2n) is 3.74. The molecule has 1 rings (SSSR count). The summed E-state index contributed by atoms with van der Waals surface area (Å²) in [5.41, 5.74) is 0. The molecular formula is C5H14O10P2. The molecule has 1 aliphatic rings. The molecule has 0 aromatic rings. The Morgan fingerprint density at radius 2 is 1.59 bits per heavy atom. The van der Waals surface area contributed by atoms with Crippen LogP contribution >= 0.6 is 14.3 Å². The van der Waals surface area contributed by atoms with Crippen LogP contribution in [0.5, 0.6) is 0 Å². The van der Waals surface area contributed by atoms with E-state index >= 15 is 0 Å². The van der Waals surface area contributed by atoms with E-state index in [0.29, 0.717) is 0 Å². The summed E-state index contributed by atoms with van der Waals surface area (Å²) in [5, 5.41) is 27.3. The molecule has 0 amide bonds. The predicted molar refractivity (Wildman–Crippen MR) is 53.4 cm³/mol. The molecule has 0 aliphatic carbocycles. The number of rotatable bonds is 3. The molecule has 0 aromatic heterocycles. The molecule has 0 aromatic carbocycles. The zero-order chi connectivity index (χ0) is 13.7. The number of aliphatic hydroxyl groups is 3. The van der Waals surface area contributed by atoms with Gasteiger partial charge in [0.1, 0.15) is 0 Å². The van der Waals surface area contributed by atoms with Crippen molar-refractivity contribution in [1.29, 1.82) is 0 Å². The Morgan fingerprint density at radius 1 is 1.12 bits per heavy atom. The summed E-state index contributed by atoms with van der Waals surface area (Å²) in [6.45, 7) is -7.54. The second kappa shape index (κ2) is 4.16. The van der Waals surface area contributed by atoms with Gasteiger partial charge in [0.05, 0.1) is 0 Å². The van der Waals surface area contributed by atoms with Gasteiger partial charge in [-0.15, -0.1) is 0 Å². The molecule has 10 nitrogen and oxygen atoms in total. The minimum atomic E-state index is -6.69. The van der Waals surface area contributed by atoms with E-state index in [1.54, 1.807) is 0 Å². The van der Waals surface area contributed by atoms with Gasteiger partial charge in [0.15, 0.2) is 0 Å². The topological polar surface area (TPSA) is 188 Å². The molecule has 1 heterocycles. The summed E-state index contributed by atoms with van der Waals surface area (Å²) < 4.78 is 15.4. The molecule has 0 radical (unpaired) electrons. The van der Waals surface area contributed by atoms with Crippen LogP contribution < -0.4 is 0 Å². The van der Waals surface area contributed by atoms with Crippen LogP contribution in [0.3, 0.4) is 0 Å². The van der Waals surface area contributed by atoms with E-state index in [1.165, 1.54) is 0 Å². The third kappa shape index (κ3) is 2.27. The van der Waals surface area contributed by atoms with E-state index in [0.717, 1.165) is 0 Å². The Bertz CT molecular complexity index is 342. The molecule has 0 spiro atoms. The number of ether oxygens (including phenoxy) is 1. The summed E-state index contributed by atoms with van der Waals surface area (Å²) in [7, 11) is -5.81.